The minimum Gasteiger partial charge on any atom is -0.373 e. The molecule has 1 amide bonds. The zero-order chi connectivity index (χ0) is 12.7. The molecule has 0 radical (unpaired) electrons. The Morgan fingerprint density at radius 1 is 1.41 bits per heavy atom. The van der Waals surface area contributed by atoms with Crippen LogP contribution in [0.2, 0.25) is 0 Å². The molecule has 2 N–H and O–H groups in total. The van der Waals surface area contributed by atoms with Crippen molar-refractivity contribution >= 4 is 11.7 Å². The summed E-state index contributed by atoms with van der Waals surface area (Å²) in [6.45, 7) is 4.03. The van der Waals surface area contributed by atoms with Gasteiger partial charge >= 0.3 is 0 Å². The van der Waals surface area contributed by atoms with Gasteiger partial charge in [-0.05, 0) is 18.2 Å². The third-order valence-corrected chi connectivity index (χ3v) is 2.58. The lowest BCUT2D eigenvalue weighted by atomic mass is 10.2. The van der Waals surface area contributed by atoms with Crippen molar-refractivity contribution in [3.05, 3.63) is 23.9 Å². The van der Waals surface area contributed by atoms with E-state index in [1.54, 1.807) is 7.05 Å². The van der Waals surface area contributed by atoms with Crippen molar-refractivity contribution in [1.29, 1.82) is 0 Å². The van der Waals surface area contributed by atoms with Gasteiger partial charge in [-0.1, -0.05) is 13.0 Å². The number of aromatic nitrogens is 1. The monoisotopic (exact) mass is 236 g/mol. The van der Waals surface area contributed by atoms with E-state index in [1.807, 2.05) is 32.3 Å². The molecule has 94 valence electrons. The van der Waals surface area contributed by atoms with Crippen molar-refractivity contribution in [1.82, 2.24) is 15.2 Å². The summed E-state index contributed by atoms with van der Waals surface area (Å²) < 4.78 is 0. The standard InChI is InChI=1S/C12H20N4O/c1-4-16(9-12(17)14-3)8-10-5-6-11(13-2)15-7-10/h5-7H,4,8-9H2,1-3H3,(H,13,15)(H,14,17). The number of anilines is 1. The molecule has 0 saturated carbocycles. The first-order valence-corrected chi connectivity index (χ1v) is 5.75. The van der Waals surface area contributed by atoms with Crippen LogP contribution >= 0.6 is 0 Å². The summed E-state index contributed by atoms with van der Waals surface area (Å²) in [7, 11) is 3.49. The maximum Gasteiger partial charge on any atom is 0.233 e. The highest BCUT2D eigenvalue weighted by molar-refractivity contribution is 5.77. The Morgan fingerprint density at radius 3 is 2.65 bits per heavy atom. The molecule has 0 atom stereocenters. The van der Waals surface area contributed by atoms with E-state index in [0.29, 0.717) is 6.54 Å². The normalized spacial score (nSPS) is 10.4. The number of likely N-dealkylation sites (N-methyl/N-ethyl adjacent to an activating group) is 2. The Kier molecular flexibility index (Phi) is 5.42. The number of carbonyl (C=O) groups is 1. The number of carbonyl (C=O) groups excluding carboxylic acids is 1. The van der Waals surface area contributed by atoms with Gasteiger partial charge in [-0.2, -0.15) is 0 Å². The molecule has 0 spiro atoms. The van der Waals surface area contributed by atoms with Gasteiger partial charge in [-0.15, -0.1) is 0 Å². The van der Waals surface area contributed by atoms with Crippen molar-refractivity contribution in [3.63, 3.8) is 0 Å². The van der Waals surface area contributed by atoms with Gasteiger partial charge in [0.25, 0.3) is 0 Å². The largest absolute Gasteiger partial charge is 0.373 e. The molecule has 1 rings (SSSR count). The number of amides is 1. The van der Waals surface area contributed by atoms with Crippen molar-refractivity contribution in [3.8, 4) is 0 Å². The maximum atomic E-state index is 11.3. The summed E-state index contributed by atoms with van der Waals surface area (Å²) in [6, 6.07) is 3.95. The molecule has 0 aliphatic heterocycles. The first-order chi connectivity index (χ1) is 8.19. The number of rotatable bonds is 6. The zero-order valence-electron chi connectivity index (χ0n) is 10.7. The summed E-state index contributed by atoms with van der Waals surface area (Å²) in [6.07, 6.45) is 1.83. The average Bonchev–Trinajstić information content (AvgIpc) is 2.38. The average molecular weight is 236 g/mol. The van der Waals surface area contributed by atoms with Gasteiger partial charge in [-0.25, -0.2) is 4.98 Å². The van der Waals surface area contributed by atoms with E-state index in [2.05, 4.69) is 20.5 Å². The van der Waals surface area contributed by atoms with Crippen LogP contribution in [0.5, 0.6) is 0 Å². The molecule has 17 heavy (non-hydrogen) atoms. The van der Waals surface area contributed by atoms with Gasteiger partial charge in [0.1, 0.15) is 5.82 Å². The van der Waals surface area contributed by atoms with Crippen LogP contribution in [0.15, 0.2) is 18.3 Å². The van der Waals surface area contributed by atoms with Crippen LogP contribution in [-0.2, 0) is 11.3 Å². The van der Waals surface area contributed by atoms with Crippen molar-refractivity contribution in [2.24, 2.45) is 0 Å². The molecule has 1 aromatic heterocycles. The molecular weight excluding hydrogens is 216 g/mol. The maximum absolute atomic E-state index is 11.3. The SMILES string of the molecule is CCN(CC(=O)NC)Cc1ccc(NC)nc1. The van der Waals surface area contributed by atoms with Gasteiger partial charge in [0.2, 0.25) is 5.91 Å². The molecule has 0 aliphatic rings. The highest BCUT2D eigenvalue weighted by Crippen LogP contribution is 2.07. The summed E-state index contributed by atoms with van der Waals surface area (Å²) in [4.78, 5) is 17.6. The minimum atomic E-state index is 0.0339. The highest BCUT2D eigenvalue weighted by Gasteiger charge is 2.08. The van der Waals surface area contributed by atoms with Crippen molar-refractivity contribution < 1.29 is 4.79 Å². The molecule has 0 bridgehead atoms. The lowest BCUT2D eigenvalue weighted by Gasteiger charge is -2.19. The number of nitrogens with zero attached hydrogens (tertiary/aromatic N) is 2. The zero-order valence-corrected chi connectivity index (χ0v) is 10.7. The quantitative estimate of drug-likeness (QED) is 0.763. The lowest BCUT2D eigenvalue weighted by Crippen LogP contribution is -2.35. The second-order valence-electron chi connectivity index (χ2n) is 3.78. The summed E-state index contributed by atoms with van der Waals surface area (Å²) in [5.74, 6) is 0.884. The van der Waals surface area contributed by atoms with E-state index >= 15 is 0 Å². The topological polar surface area (TPSA) is 57.3 Å². The molecule has 0 saturated heterocycles. The molecule has 0 unspecified atom stereocenters. The van der Waals surface area contributed by atoms with Gasteiger partial charge in [0.15, 0.2) is 0 Å². The highest BCUT2D eigenvalue weighted by atomic mass is 16.1. The molecular formula is C12H20N4O. The number of pyridine rings is 1. The molecule has 5 nitrogen and oxygen atoms in total. The minimum absolute atomic E-state index is 0.0339. The van der Waals surface area contributed by atoms with Gasteiger partial charge in [-0.3, -0.25) is 9.69 Å². The van der Waals surface area contributed by atoms with E-state index in [0.717, 1.165) is 24.5 Å². The first-order valence-electron chi connectivity index (χ1n) is 5.75. The van der Waals surface area contributed by atoms with Gasteiger partial charge in [0.05, 0.1) is 6.54 Å². The fourth-order valence-corrected chi connectivity index (χ4v) is 1.49. The van der Waals surface area contributed by atoms with Crippen LogP contribution in [0.1, 0.15) is 12.5 Å². The van der Waals surface area contributed by atoms with Crippen LogP contribution in [0.25, 0.3) is 0 Å². The van der Waals surface area contributed by atoms with Crippen molar-refractivity contribution in [2.45, 2.75) is 13.5 Å². The second kappa shape index (κ2) is 6.85. The Morgan fingerprint density at radius 2 is 2.18 bits per heavy atom. The predicted octanol–water partition coefficient (Wildman–Crippen LogP) is 0.691. The van der Waals surface area contributed by atoms with Crippen LogP contribution in [0, 0.1) is 0 Å². The summed E-state index contributed by atoms with van der Waals surface area (Å²) in [5, 5.41) is 5.60. The third kappa shape index (κ3) is 4.40. The van der Waals surface area contributed by atoms with E-state index in [9.17, 15) is 4.79 Å². The van der Waals surface area contributed by atoms with E-state index < -0.39 is 0 Å². The van der Waals surface area contributed by atoms with Crippen molar-refractivity contribution in [2.75, 3.05) is 32.5 Å². The predicted molar refractivity (Wildman–Crippen MR) is 68.8 cm³/mol. The van der Waals surface area contributed by atoms with Gasteiger partial charge < -0.3 is 10.6 Å². The summed E-state index contributed by atoms with van der Waals surface area (Å²) >= 11 is 0. The van der Waals surface area contributed by atoms with Crippen LogP contribution < -0.4 is 10.6 Å². The molecule has 1 heterocycles. The number of hydrogen-bond acceptors (Lipinski definition) is 4. The first kappa shape index (κ1) is 13.4. The van der Waals surface area contributed by atoms with E-state index in [-0.39, 0.29) is 5.91 Å². The van der Waals surface area contributed by atoms with Crippen LogP contribution in [0.3, 0.4) is 0 Å². The fraction of sp³-hybridized carbons (Fsp3) is 0.500. The fourth-order valence-electron chi connectivity index (χ4n) is 1.49. The summed E-state index contributed by atoms with van der Waals surface area (Å²) in [5.41, 5.74) is 1.11. The number of hydrogen-bond donors (Lipinski definition) is 2. The van der Waals surface area contributed by atoms with Gasteiger partial charge in [0, 0.05) is 26.8 Å². The van der Waals surface area contributed by atoms with Crippen LogP contribution in [-0.4, -0.2) is 43.0 Å². The molecule has 0 fully saturated rings. The molecule has 1 aromatic rings. The Balaban J connectivity index is 2.57. The molecule has 0 aliphatic carbocycles. The van der Waals surface area contributed by atoms with E-state index in [4.69, 9.17) is 0 Å². The molecule has 0 aromatic carbocycles. The Hall–Kier alpha value is -1.62. The lowest BCUT2D eigenvalue weighted by molar-refractivity contribution is -0.121. The van der Waals surface area contributed by atoms with Crippen LogP contribution in [0.4, 0.5) is 5.82 Å². The Bertz CT molecular complexity index is 350. The Labute approximate surface area is 102 Å². The third-order valence-electron chi connectivity index (χ3n) is 2.58. The smallest absolute Gasteiger partial charge is 0.233 e. The molecule has 5 heteroatoms. The van der Waals surface area contributed by atoms with E-state index in [1.165, 1.54) is 0 Å². The second-order valence-corrected chi connectivity index (χ2v) is 3.78. The number of nitrogens with one attached hydrogen (secondary N) is 2.